The van der Waals surface area contributed by atoms with Crippen LogP contribution in [0.3, 0.4) is 0 Å². The lowest BCUT2D eigenvalue weighted by Gasteiger charge is -2.31. The minimum absolute atomic E-state index is 0.0242. The lowest BCUT2D eigenvalue weighted by molar-refractivity contribution is -0.148. The summed E-state index contributed by atoms with van der Waals surface area (Å²) in [5.74, 6) is -1.44. The van der Waals surface area contributed by atoms with Crippen molar-refractivity contribution < 1.29 is 24.2 Å². The third kappa shape index (κ3) is 3.93. The number of nitrogens with zero attached hydrogens (tertiary/aromatic N) is 2. The van der Waals surface area contributed by atoms with Crippen molar-refractivity contribution in [1.29, 1.82) is 0 Å². The van der Waals surface area contributed by atoms with Crippen molar-refractivity contribution in [2.75, 3.05) is 33.3 Å². The zero-order chi connectivity index (χ0) is 15.4. The molecule has 118 valence electrons. The van der Waals surface area contributed by atoms with E-state index < -0.39 is 12.1 Å². The van der Waals surface area contributed by atoms with Gasteiger partial charge in [0.2, 0.25) is 5.91 Å². The van der Waals surface area contributed by atoms with Crippen molar-refractivity contribution in [3.8, 4) is 0 Å². The van der Waals surface area contributed by atoms with Gasteiger partial charge in [-0.3, -0.25) is 14.4 Å². The summed E-state index contributed by atoms with van der Waals surface area (Å²) in [6.07, 6.45) is 2.12. The lowest BCUT2D eigenvalue weighted by atomic mass is 9.97. The molecule has 0 aromatic carbocycles. The number of amides is 2. The summed E-state index contributed by atoms with van der Waals surface area (Å²) in [4.78, 5) is 38.1. The molecule has 2 amide bonds. The van der Waals surface area contributed by atoms with E-state index in [0.717, 1.165) is 6.42 Å². The van der Waals surface area contributed by atoms with Crippen molar-refractivity contribution in [1.82, 2.24) is 9.80 Å². The number of carboxylic acids is 1. The molecule has 2 saturated heterocycles. The molecule has 0 saturated carbocycles. The van der Waals surface area contributed by atoms with Crippen LogP contribution in [0.2, 0.25) is 0 Å². The number of likely N-dealkylation sites (tertiary alicyclic amines) is 1. The molecule has 2 fully saturated rings. The second kappa shape index (κ2) is 6.89. The topological polar surface area (TPSA) is 87.2 Å². The standard InChI is InChI=1S/C14H22N2O5/c1-15(13(18)11-3-2-8-21-11)9-12(17)16-6-4-10(5-7-16)14(19)20/h10-11H,2-9H2,1H3,(H,19,20). The van der Waals surface area contributed by atoms with E-state index >= 15 is 0 Å². The summed E-state index contributed by atoms with van der Waals surface area (Å²) < 4.78 is 5.32. The second-order valence-corrected chi connectivity index (χ2v) is 5.69. The largest absolute Gasteiger partial charge is 0.481 e. The van der Waals surface area contributed by atoms with Gasteiger partial charge in [-0.05, 0) is 25.7 Å². The molecule has 7 nitrogen and oxygen atoms in total. The van der Waals surface area contributed by atoms with Gasteiger partial charge in [0.1, 0.15) is 6.10 Å². The fraction of sp³-hybridized carbons (Fsp3) is 0.786. The molecule has 1 N–H and O–H groups in total. The van der Waals surface area contributed by atoms with E-state index in [2.05, 4.69) is 0 Å². The Labute approximate surface area is 123 Å². The average Bonchev–Trinajstić information content (AvgIpc) is 3.00. The van der Waals surface area contributed by atoms with Crippen LogP contribution in [-0.2, 0) is 19.1 Å². The van der Waals surface area contributed by atoms with Gasteiger partial charge in [0.05, 0.1) is 12.5 Å². The average molecular weight is 298 g/mol. The maximum absolute atomic E-state index is 12.1. The molecular weight excluding hydrogens is 276 g/mol. The Morgan fingerprint density at radius 1 is 1.24 bits per heavy atom. The molecule has 0 spiro atoms. The summed E-state index contributed by atoms with van der Waals surface area (Å²) in [6.45, 7) is 1.51. The van der Waals surface area contributed by atoms with Gasteiger partial charge >= 0.3 is 5.97 Å². The number of carboxylic acid groups (broad SMARTS) is 1. The smallest absolute Gasteiger partial charge is 0.306 e. The van der Waals surface area contributed by atoms with Crippen LogP contribution in [0.1, 0.15) is 25.7 Å². The Morgan fingerprint density at radius 2 is 1.90 bits per heavy atom. The number of rotatable bonds is 4. The van der Waals surface area contributed by atoms with Crippen LogP contribution in [0, 0.1) is 5.92 Å². The van der Waals surface area contributed by atoms with Crippen LogP contribution in [0.25, 0.3) is 0 Å². The van der Waals surface area contributed by atoms with Gasteiger partial charge in [0, 0.05) is 26.7 Å². The van der Waals surface area contributed by atoms with Gasteiger partial charge in [0.25, 0.3) is 5.91 Å². The van der Waals surface area contributed by atoms with E-state index in [4.69, 9.17) is 9.84 Å². The fourth-order valence-electron chi connectivity index (χ4n) is 2.77. The van der Waals surface area contributed by atoms with Gasteiger partial charge in [0.15, 0.2) is 0 Å². The first kappa shape index (κ1) is 15.8. The van der Waals surface area contributed by atoms with Crippen LogP contribution >= 0.6 is 0 Å². The normalized spacial score (nSPS) is 23.1. The molecule has 7 heteroatoms. The van der Waals surface area contributed by atoms with E-state index in [0.29, 0.717) is 39.0 Å². The first-order chi connectivity index (χ1) is 9.99. The number of hydrogen-bond acceptors (Lipinski definition) is 4. The van der Waals surface area contributed by atoms with E-state index in [-0.39, 0.29) is 24.3 Å². The van der Waals surface area contributed by atoms with E-state index in [9.17, 15) is 14.4 Å². The third-order valence-corrected chi connectivity index (χ3v) is 4.15. The Kier molecular flexibility index (Phi) is 5.17. The van der Waals surface area contributed by atoms with Crippen molar-refractivity contribution >= 4 is 17.8 Å². The highest BCUT2D eigenvalue weighted by atomic mass is 16.5. The van der Waals surface area contributed by atoms with Gasteiger partial charge in [-0.25, -0.2) is 0 Å². The minimum atomic E-state index is -0.798. The molecule has 0 aromatic heterocycles. The monoisotopic (exact) mass is 298 g/mol. The first-order valence-corrected chi connectivity index (χ1v) is 7.36. The summed E-state index contributed by atoms with van der Waals surface area (Å²) >= 11 is 0. The quantitative estimate of drug-likeness (QED) is 0.786. The van der Waals surface area contributed by atoms with Gasteiger partial charge < -0.3 is 19.6 Å². The highest BCUT2D eigenvalue weighted by Gasteiger charge is 2.30. The van der Waals surface area contributed by atoms with Crippen LogP contribution < -0.4 is 0 Å². The molecule has 0 radical (unpaired) electrons. The molecule has 2 heterocycles. The van der Waals surface area contributed by atoms with Crippen molar-refractivity contribution in [3.05, 3.63) is 0 Å². The number of likely N-dealkylation sites (N-methyl/N-ethyl adjacent to an activating group) is 1. The SMILES string of the molecule is CN(CC(=O)N1CCC(C(=O)O)CC1)C(=O)C1CCCO1. The van der Waals surface area contributed by atoms with Crippen LogP contribution in [-0.4, -0.2) is 72.1 Å². The molecular formula is C14H22N2O5. The predicted octanol–water partition coefficient (Wildman–Crippen LogP) is -0.0530. The number of piperidine rings is 1. The van der Waals surface area contributed by atoms with Crippen LogP contribution in [0.15, 0.2) is 0 Å². The molecule has 2 rings (SSSR count). The number of ether oxygens (including phenoxy) is 1. The molecule has 21 heavy (non-hydrogen) atoms. The summed E-state index contributed by atoms with van der Waals surface area (Å²) in [6, 6.07) is 0. The molecule has 1 atom stereocenters. The Hall–Kier alpha value is -1.63. The Morgan fingerprint density at radius 3 is 2.43 bits per heavy atom. The van der Waals surface area contributed by atoms with Crippen LogP contribution in [0.5, 0.6) is 0 Å². The van der Waals surface area contributed by atoms with Gasteiger partial charge in [-0.1, -0.05) is 0 Å². The van der Waals surface area contributed by atoms with E-state index in [1.165, 1.54) is 4.90 Å². The van der Waals surface area contributed by atoms with Crippen molar-refractivity contribution in [2.45, 2.75) is 31.8 Å². The van der Waals surface area contributed by atoms with Crippen molar-refractivity contribution in [2.24, 2.45) is 5.92 Å². The highest BCUT2D eigenvalue weighted by Crippen LogP contribution is 2.18. The maximum atomic E-state index is 12.1. The molecule has 2 aliphatic rings. The lowest BCUT2D eigenvalue weighted by Crippen LogP contribution is -2.47. The molecule has 0 aromatic rings. The highest BCUT2D eigenvalue weighted by molar-refractivity contribution is 5.87. The van der Waals surface area contributed by atoms with Gasteiger partial charge in [-0.2, -0.15) is 0 Å². The number of aliphatic carboxylic acids is 1. The molecule has 2 aliphatic heterocycles. The van der Waals surface area contributed by atoms with E-state index in [1.807, 2.05) is 0 Å². The van der Waals surface area contributed by atoms with Crippen LogP contribution in [0.4, 0.5) is 0 Å². The predicted molar refractivity (Wildman–Crippen MR) is 73.6 cm³/mol. The van der Waals surface area contributed by atoms with Gasteiger partial charge in [-0.15, -0.1) is 0 Å². The molecule has 1 unspecified atom stereocenters. The zero-order valence-electron chi connectivity index (χ0n) is 12.3. The Bertz CT molecular complexity index is 412. The first-order valence-electron chi connectivity index (χ1n) is 7.36. The zero-order valence-corrected chi connectivity index (χ0v) is 12.3. The summed E-state index contributed by atoms with van der Waals surface area (Å²) in [5, 5.41) is 8.93. The van der Waals surface area contributed by atoms with Crippen molar-refractivity contribution in [3.63, 3.8) is 0 Å². The number of carbonyl (C=O) groups excluding carboxylic acids is 2. The second-order valence-electron chi connectivity index (χ2n) is 5.69. The minimum Gasteiger partial charge on any atom is -0.481 e. The maximum Gasteiger partial charge on any atom is 0.306 e. The van der Waals surface area contributed by atoms with E-state index in [1.54, 1.807) is 11.9 Å². The number of carbonyl (C=O) groups is 3. The fourth-order valence-corrected chi connectivity index (χ4v) is 2.77. The summed E-state index contributed by atoms with van der Waals surface area (Å²) in [5.41, 5.74) is 0. The number of hydrogen-bond donors (Lipinski definition) is 1. The molecule has 0 bridgehead atoms. The summed E-state index contributed by atoms with van der Waals surface area (Å²) in [7, 11) is 1.60. The Balaban J connectivity index is 1.78. The molecule has 0 aliphatic carbocycles. The third-order valence-electron chi connectivity index (χ3n) is 4.15.